The van der Waals surface area contributed by atoms with Gasteiger partial charge in [-0.3, -0.25) is 0 Å². The number of aliphatic hydroxyl groups excluding tert-OH is 1. The minimum absolute atomic E-state index is 0.237. The predicted molar refractivity (Wildman–Crippen MR) is 69.6 cm³/mol. The highest BCUT2D eigenvalue weighted by Gasteiger charge is 2.14. The van der Waals surface area contributed by atoms with Gasteiger partial charge in [-0.05, 0) is 29.4 Å². The summed E-state index contributed by atoms with van der Waals surface area (Å²) in [5.74, 6) is 1.46. The SMILES string of the molecule is CC(C)Cc1ccc(C(CO)C(C)C)cc1. The second kappa shape index (κ2) is 6.05. The van der Waals surface area contributed by atoms with Crippen molar-refractivity contribution in [1.82, 2.24) is 0 Å². The summed E-state index contributed by atoms with van der Waals surface area (Å²) >= 11 is 0. The van der Waals surface area contributed by atoms with Crippen molar-refractivity contribution in [3.8, 4) is 0 Å². The summed E-state index contributed by atoms with van der Waals surface area (Å²) in [6.07, 6.45) is 1.13. The Morgan fingerprint density at radius 2 is 1.56 bits per heavy atom. The Labute approximate surface area is 99.5 Å². The Balaban J connectivity index is 2.77. The van der Waals surface area contributed by atoms with Crippen LogP contribution in [0.5, 0.6) is 0 Å². The van der Waals surface area contributed by atoms with E-state index in [1.54, 1.807) is 0 Å². The molecule has 1 aromatic rings. The van der Waals surface area contributed by atoms with E-state index in [1.807, 2.05) is 0 Å². The zero-order chi connectivity index (χ0) is 12.1. The molecule has 0 aliphatic carbocycles. The lowest BCUT2D eigenvalue weighted by molar-refractivity contribution is 0.237. The molecule has 1 heteroatoms. The van der Waals surface area contributed by atoms with Gasteiger partial charge in [0.1, 0.15) is 0 Å². The lowest BCUT2D eigenvalue weighted by Gasteiger charge is -2.19. The van der Waals surface area contributed by atoms with E-state index in [1.165, 1.54) is 11.1 Å². The number of aliphatic hydroxyl groups is 1. The van der Waals surface area contributed by atoms with E-state index >= 15 is 0 Å². The molecule has 0 heterocycles. The molecule has 1 unspecified atom stereocenters. The second-order valence-corrected chi connectivity index (χ2v) is 5.37. The molecule has 0 saturated carbocycles. The molecule has 0 bridgehead atoms. The van der Waals surface area contributed by atoms with Crippen molar-refractivity contribution in [3.63, 3.8) is 0 Å². The van der Waals surface area contributed by atoms with Gasteiger partial charge in [-0.15, -0.1) is 0 Å². The summed E-state index contributed by atoms with van der Waals surface area (Å²) in [6, 6.07) is 8.72. The first kappa shape index (κ1) is 13.2. The third kappa shape index (κ3) is 3.64. The van der Waals surface area contributed by atoms with Crippen LogP contribution >= 0.6 is 0 Å². The zero-order valence-electron chi connectivity index (χ0n) is 10.9. The van der Waals surface area contributed by atoms with Crippen molar-refractivity contribution in [1.29, 1.82) is 0 Å². The molecule has 0 radical (unpaired) electrons. The molecule has 1 rings (SSSR count). The molecule has 0 amide bonds. The number of hydrogen-bond donors (Lipinski definition) is 1. The normalized spacial score (nSPS) is 13.4. The molecule has 1 atom stereocenters. The fourth-order valence-electron chi connectivity index (χ4n) is 2.07. The Morgan fingerprint density at radius 3 is 1.94 bits per heavy atom. The van der Waals surface area contributed by atoms with Crippen LogP contribution < -0.4 is 0 Å². The summed E-state index contributed by atoms with van der Waals surface area (Å²) in [7, 11) is 0. The molecule has 90 valence electrons. The summed E-state index contributed by atoms with van der Waals surface area (Å²) in [5.41, 5.74) is 2.64. The molecular weight excluding hydrogens is 196 g/mol. The van der Waals surface area contributed by atoms with Gasteiger partial charge in [0, 0.05) is 5.92 Å². The maximum Gasteiger partial charge on any atom is 0.0502 e. The lowest BCUT2D eigenvalue weighted by atomic mass is 9.88. The van der Waals surface area contributed by atoms with Crippen LogP contribution in [0.2, 0.25) is 0 Å². The predicted octanol–water partition coefficient (Wildman–Crippen LogP) is 3.62. The van der Waals surface area contributed by atoms with Gasteiger partial charge < -0.3 is 5.11 Å². The second-order valence-electron chi connectivity index (χ2n) is 5.37. The molecule has 0 aliphatic heterocycles. The zero-order valence-corrected chi connectivity index (χ0v) is 10.9. The van der Waals surface area contributed by atoms with Crippen LogP contribution in [-0.2, 0) is 6.42 Å². The standard InChI is InChI=1S/C15H24O/c1-11(2)9-13-5-7-14(8-6-13)15(10-16)12(3)4/h5-8,11-12,15-16H,9-10H2,1-4H3. The Morgan fingerprint density at radius 1 is 1.00 bits per heavy atom. The first-order valence-electron chi connectivity index (χ1n) is 6.24. The number of benzene rings is 1. The van der Waals surface area contributed by atoms with Crippen molar-refractivity contribution in [2.24, 2.45) is 11.8 Å². The van der Waals surface area contributed by atoms with Gasteiger partial charge in [-0.1, -0.05) is 52.0 Å². The number of hydrogen-bond acceptors (Lipinski definition) is 1. The highest BCUT2D eigenvalue weighted by Crippen LogP contribution is 2.24. The summed E-state index contributed by atoms with van der Waals surface area (Å²) in [5, 5.41) is 9.36. The third-order valence-corrected chi connectivity index (χ3v) is 3.05. The molecule has 0 saturated heterocycles. The fourth-order valence-corrected chi connectivity index (χ4v) is 2.07. The van der Waals surface area contributed by atoms with Crippen LogP contribution in [0.1, 0.15) is 44.7 Å². The Kier molecular flexibility index (Phi) is 5.01. The van der Waals surface area contributed by atoms with Crippen molar-refractivity contribution in [3.05, 3.63) is 35.4 Å². The van der Waals surface area contributed by atoms with E-state index in [-0.39, 0.29) is 12.5 Å². The van der Waals surface area contributed by atoms with Gasteiger partial charge in [0.25, 0.3) is 0 Å². The maximum atomic E-state index is 9.36. The smallest absolute Gasteiger partial charge is 0.0502 e. The summed E-state index contributed by atoms with van der Waals surface area (Å²) in [6.45, 7) is 9.02. The monoisotopic (exact) mass is 220 g/mol. The lowest BCUT2D eigenvalue weighted by Crippen LogP contribution is -2.11. The minimum Gasteiger partial charge on any atom is -0.396 e. The topological polar surface area (TPSA) is 20.2 Å². The summed E-state index contributed by atoms with van der Waals surface area (Å²) < 4.78 is 0. The summed E-state index contributed by atoms with van der Waals surface area (Å²) in [4.78, 5) is 0. The van der Waals surface area contributed by atoms with Crippen molar-refractivity contribution in [2.75, 3.05) is 6.61 Å². The first-order valence-corrected chi connectivity index (χ1v) is 6.24. The highest BCUT2D eigenvalue weighted by atomic mass is 16.3. The quantitative estimate of drug-likeness (QED) is 0.803. The molecule has 0 aliphatic rings. The molecule has 0 fully saturated rings. The van der Waals surface area contributed by atoms with E-state index in [4.69, 9.17) is 0 Å². The van der Waals surface area contributed by atoms with Crippen LogP contribution in [0.25, 0.3) is 0 Å². The van der Waals surface area contributed by atoms with E-state index in [0.717, 1.165) is 6.42 Å². The van der Waals surface area contributed by atoms with Crippen LogP contribution in [-0.4, -0.2) is 11.7 Å². The van der Waals surface area contributed by atoms with E-state index in [9.17, 15) is 5.11 Å². The van der Waals surface area contributed by atoms with Gasteiger partial charge in [0.2, 0.25) is 0 Å². The van der Waals surface area contributed by atoms with Gasteiger partial charge in [-0.2, -0.15) is 0 Å². The van der Waals surface area contributed by atoms with Crippen LogP contribution in [0.15, 0.2) is 24.3 Å². The molecule has 0 spiro atoms. The Hall–Kier alpha value is -0.820. The minimum atomic E-state index is 0.237. The molecule has 0 aromatic heterocycles. The van der Waals surface area contributed by atoms with Crippen LogP contribution in [0.4, 0.5) is 0 Å². The molecule has 1 aromatic carbocycles. The van der Waals surface area contributed by atoms with Crippen molar-refractivity contribution < 1.29 is 5.11 Å². The van der Waals surface area contributed by atoms with Gasteiger partial charge in [0.05, 0.1) is 6.61 Å². The van der Waals surface area contributed by atoms with E-state index < -0.39 is 0 Å². The van der Waals surface area contributed by atoms with Crippen molar-refractivity contribution >= 4 is 0 Å². The Bertz CT molecular complexity index is 298. The average Bonchev–Trinajstić information content (AvgIpc) is 2.20. The molecule has 1 nitrogen and oxygen atoms in total. The number of rotatable bonds is 5. The first-order chi connectivity index (χ1) is 7.54. The molecule has 1 N–H and O–H groups in total. The average molecular weight is 220 g/mol. The van der Waals surface area contributed by atoms with Crippen molar-refractivity contribution in [2.45, 2.75) is 40.0 Å². The third-order valence-electron chi connectivity index (χ3n) is 3.05. The van der Waals surface area contributed by atoms with Gasteiger partial charge in [0.15, 0.2) is 0 Å². The van der Waals surface area contributed by atoms with Crippen LogP contribution in [0, 0.1) is 11.8 Å². The molecule has 16 heavy (non-hydrogen) atoms. The van der Waals surface area contributed by atoms with Gasteiger partial charge in [-0.25, -0.2) is 0 Å². The van der Waals surface area contributed by atoms with E-state index in [0.29, 0.717) is 11.8 Å². The van der Waals surface area contributed by atoms with Crippen LogP contribution in [0.3, 0.4) is 0 Å². The fraction of sp³-hybridized carbons (Fsp3) is 0.600. The van der Waals surface area contributed by atoms with E-state index in [2.05, 4.69) is 52.0 Å². The highest BCUT2D eigenvalue weighted by molar-refractivity contribution is 5.26. The largest absolute Gasteiger partial charge is 0.396 e. The maximum absolute atomic E-state index is 9.36. The van der Waals surface area contributed by atoms with Gasteiger partial charge >= 0.3 is 0 Å². The molecular formula is C15H24O.